The van der Waals surface area contributed by atoms with Crippen LogP contribution in [0.15, 0.2) is 27.2 Å². The van der Waals surface area contributed by atoms with Gasteiger partial charge < -0.3 is 9.15 Å². The number of hydrogen-bond donors (Lipinski definition) is 0. The molecule has 72 valence electrons. The molecular formula is C9H6INO3. The van der Waals surface area contributed by atoms with Crippen LogP contribution in [0.2, 0.25) is 0 Å². The molecule has 1 aromatic rings. The van der Waals surface area contributed by atoms with E-state index in [0.717, 1.165) is 3.77 Å². The van der Waals surface area contributed by atoms with Crippen molar-refractivity contribution in [3.63, 3.8) is 0 Å². The van der Waals surface area contributed by atoms with Crippen LogP contribution in [-0.4, -0.2) is 11.9 Å². The summed E-state index contributed by atoms with van der Waals surface area (Å²) >= 11 is 2.05. The van der Waals surface area contributed by atoms with Gasteiger partial charge in [-0.25, -0.2) is 9.79 Å². The molecule has 0 aliphatic carbocycles. The number of nitrogens with zero attached hydrogens (tertiary/aromatic N) is 1. The molecule has 1 aliphatic rings. The lowest BCUT2D eigenvalue weighted by molar-refractivity contribution is -0.130. The van der Waals surface area contributed by atoms with Crippen LogP contribution < -0.4 is 0 Å². The van der Waals surface area contributed by atoms with Crippen molar-refractivity contribution in [2.24, 2.45) is 4.99 Å². The Kier molecular flexibility index (Phi) is 2.40. The molecular weight excluding hydrogens is 297 g/mol. The standard InChI is InChI=1S/C9H6INO3/c1-5-11-7(9(12)13-5)4-6-2-3-8(10)14-6/h2-4H,1H3/b7-4-. The third-order valence-corrected chi connectivity index (χ3v) is 2.18. The number of furan rings is 1. The van der Waals surface area contributed by atoms with Crippen molar-refractivity contribution < 1.29 is 13.9 Å². The van der Waals surface area contributed by atoms with Gasteiger partial charge >= 0.3 is 5.97 Å². The second-order valence-corrected chi connectivity index (χ2v) is 3.76. The summed E-state index contributed by atoms with van der Waals surface area (Å²) in [6.07, 6.45) is 1.56. The molecule has 2 rings (SSSR count). The van der Waals surface area contributed by atoms with E-state index in [9.17, 15) is 4.79 Å². The highest BCUT2D eigenvalue weighted by Crippen LogP contribution is 2.17. The lowest BCUT2D eigenvalue weighted by Crippen LogP contribution is -1.99. The Morgan fingerprint density at radius 2 is 2.29 bits per heavy atom. The first-order valence-corrected chi connectivity index (χ1v) is 4.97. The normalized spacial score (nSPS) is 18.6. The van der Waals surface area contributed by atoms with E-state index < -0.39 is 5.97 Å². The molecule has 0 saturated carbocycles. The van der Waals surface area contributed by atoms with Crippen molar-refractivity contribution in [3.05, 3.63) is 27.4 Å². The maximum Gasteiger partial charge on any atom is 0.363 e. The molecule has 0 spiro atoms. The third kappa shape index (κ3) is 1.87. The van der Waals surface area contributed by atoms with Crippen LogP contribution in [-0.2, 0) is 9.53 Å². The van der Waals surface area contributed by atoms with Gasteiger partial charge in [0.05, 0.1) is 0 Å². The summed E-state index contributed by atoms with van der Waals surface area (Å²) in [4.78, 5) is 15.1. The second-order valence-electron chi connectivity index (χ2n) is 2.69. The maximum absolute atomic E-state index is 11.1. The van der Waals surface area contributed by atoms with Gasteiger partial charge in [0.25, 0.3) is 0 Å². The van der Waals surface area contributed by atoms with Gasteiger partial charge in [0.1, 0.15) is 5.76 Å². The van der Waals surface area contributed by atoms with Crippen LogP contribution in [0, 0.1) is 3.77 Å². The van der Waals surface area contributed by atoms with Gasteiger partial charge in [-0.05, 0) is 34.7 Å². The Bertz CT molecular complexity index is 445. The van der Waals surface area contributed by atoms with Gasteiger partial charge in [-0.3, -0.25) is 0 Å². The number of hydrogen-bond acceptors (Lipinski definition) is 4. The molecule has 2 heterocycles. The molecule has 1 aromatic heterocycles. The Hall–Kier alpha value is -1.11. The van der Waals surface area contributed by atoms with Crippen molar-refractivity contribution in [1.29, 1.82) is 0 Å². The average Bonchev–Trinajstić information content (AvgIpc) is 2.61. The number of aliphatic imine (C=N–C) groups is 1. The smallest absolute Gasteiger partial charge is 0.363 e. The molecule has 0 radical (unpaired) electrons. The Morgan fingerprint density at radius 1 is 1.50 bits per heavy atom. The molecule has 0 bridgehead atoms. The van der Waals surface area contributed by atoms with E-state index in [1.807, 2.05) is 28.7 Å². The van der Waals surface area contributed by atoms with E-state index >= 15 is 0 Å². The summed E-state index contributed by atoms with van der Waals surface area (Å²) in [5.74, 6) is 0.524. The fraction of sp³-hybridized carbons (Fsp3) is 0.111. The Morgan fingerprint density at radius 3 is 2.79 bits per heavy atom. The van der Waals surface area contributed by atoms with E-state index in [2.05, 4.69) is 4.99 Å². The van der Waals surface area contributed by atoms with Crippen LogP contribution in [0.1, 0.15) is 12.7 Å². The summed E-state index contributed by atoms with van der Waals surface area (Å²) in [6.45, 7) is 1.63. The number of esters is 1. The second kappa shape index (κ2) is 3.56. The van der Waals surface area contributed by atoms with E-state index in [-0.39, 0.29) is 5.70 Å². The number of cyclic esters (lactones) is 1. The van der Waals surface area contributed by atoms with Crippen molar-refractivity contribution in [2.45, 2.75) is 6.92 Å². The fourth-order valence-corrected chi connectivity index (χ4v) is 1.49. The van der Waals surface area contributed by atoms with Gasteiger partial charge in [-0.15, -0.1) is 0 Å². The van der Waals surface area contributed by atoms with Crippen LogP contribution >= 0.6 is 22.6 Å². The van der Waals surface area contributed by atoms with Gasteiger partial charge in [-0.1, -0.05) is 0 Å². The highest BCUT2D eigenvalue weighted by Gasteiger charge is 2.19. The number of carbonyl (C=O) groups excluding carboxylic acids is 1. The minimum Gasteiger partial charge on any atom is -0.451 e. The molecule has 1 aliphatic heterocycles. The molecule has 5 heteroatoms. The number of rotatable bonds is 1. The molecule has 0 unspecified atom stereocenters. The molecule has 0 saturated heterocycles. The molecule has 14 heavy (non-hydrogen) atoms. The molecule has 0 atom stereocenters. The summed E-state index contributed by atoms with van der Waals surface area (Å²) in [5, 5.41) is 0. The largest absolute Gasteiger partial charge is 0.451 e. The van der Waals surface area contributed by atoms with Crippen LogP contribution in [0.5, 0.6) is 0 Å². The van der Waals surface area contributed by atoms with Crippen molar-refractivity contribution >= 4 is 40.5 Å². The summed E-state index contributed by atoms with van der Waals surface area (Å²) in [5.41, 5.74) is 0.272. The van der Waals surface area contributed by atoms with E-state index in [4.69, 9.17) is 9.15 Å². The molecule has 0 fully saturated rings. The predicted octanol–water partition coefficient (Wildman–Crippen LogP) is 2.20. The van der Waals surface area contributed by atoms with Gasteiger partial charge in [0.2, 0.25) is 0 Å². The molecule has 0 N–H and O–H groups in total. The van der Waals surface area contributed by atoms with E-state index in [0.29, 0.717) is 11.7 Å². The highest BCUT2D eigenvalue weighted by molar-refractivity contribution is 14.1. The number of halogens is 1. The Labute approximate surface area is 93.8 Å². The lowest BCUT2D eigenvalue weighted by atomic mass is 10.3. The first-order valence-electron chi connectivity index (χ1n) is 3.89. The topological polar surface area (TPSA) is 51.8 Å². The zero-order valence-corrected chi connectivity index (χ0v) is 9.44. The van der Waals surface area contributed by atoms with Crippen molar-refractivity contribution in [2.75, 3.05) is 0 Å². The van der Waals surface area contributed by atoms with Gasteiger partial charge in [0, 0.05) is 13.0 Å². The predicted molar refractivity (Wildman–Crippen MR) is 58.6 cm³/mol. The molecule has 0 amide bonds. The lowest BCUT2D eigenvalue weighted by Gasteiger charge is -1.88. The van der Waals surface area contributed by atoms with Gasteiger partial charge in [0.15, 0.2) is 15.4 Å². The fourth-order valence-electron chi connectivity index (χ4n) is 1.06. The van der Waals surface area contributed by atoms with Crippen LogP contribution in [0.25, 0.3) is 6.08 Å². The quantitative estimate of drug-likeness (QED) is 0.454. The first-order chi connectivity index (χ1) is 6.65. The maximum atomic E-state index is 11.1. The van der Waals surface area contributed by atoms with Gasteiger partial charge in [-0.2, -0.15) is 0 Å². The summed E-state index contributed by atoms with van der Waals surface area (Å²) in [7, 11) is 0. The first kappa shape index (κ1) is 9.45. The third-order valence-electron chi connectivity index (χ3n) is 1.60. The van der Waals surface area contributed by atoms with Crippen LogP contribution in [0.4, 0.5) is 0 Å². The SMILES string of the molecule is CC1=N/C(=C\c2ccc(I)o2)C(=O)O1. The zero-order valence-electron chi connectivity index (χ0n) is 7.28. The Balaban J connectivity index is 2.31. The minimum absolute atomic E-state index is 0.272. The van der Waals surface area contributed by atoms with E-state index in [1.54, 1.807) is 19.1 Å². The number of ether oxygens (including phenoxy) is 1. The average molecular weight is 303 g/mol. The molecule has 0 aromatic carbocycles. The minimum atomic E-state index is -0.436. The number of carbonyl (C=O) groups is 1. The van der Waals surface area contributed by atoms with Crippen molar-refractivity contribution in [3.8, 4) is 0 Å². The monoisotopic (exact) mass is 303 g/mol. The molecule has 4 nitrogen and oxygen atoms in total. The zero-order chi connectivity index (χ0) is 10.1. The highest BCUT2D eigenvalue weighted by atomic mass is 127. The van der Waals surface area contributed by atoms with E-state index in [1.165, 1.54) is 0 Å². The van der Waals surface area contributed by atoms with Crippen molar-refractivity contribution in [1.82, 2.24) is 0 Å². The van der Waals surface area contributed by atoms with Crippen LogP contribution in [0.3, 0.4) is 0 Å². The summed E-state index contributed by atoms with van der Waals surface area (Å²) in [6, 6.07) is 3.58. The summed E-state index contributed by atoms with van der Waals surface area (Å²) < 4.78 is 10.8.